The average molecular weight is 981 g/mol. The zero-order valence-electron chi connectivity index (χ0n) is 45.2. The van der Waals surface area contributed by atoms with Crippen molar-refractivity contribution in [2.75, 3.05) is 13.2 Å². The van der Waals surface area contributed by atoms with E-state index in [-0.39, 0.29) is 65.1 Å². The molecule has 6 heteroatoms. The molecule has 0 heterocycles. The Bertz CT molecular complexity index is 2000. The van der Waals surface area contributed by atoms with Gasteiger partial charge in [0, 0.05) is 16.2 Å². The van der Waals surface area contributed by atoms with Gasteiger partial charge in [-0.1, -0.05) is 210 Å². The average Bonchev–Trinajstić information content (AvgIpc) is 3.38. The normalized spacial score (nSPS) is 20.9. The molecule has 3 rings (SSSR count). The van der Waals surface area contributed by atoms with Crippen molar-refractivity contribution in [3.8, 4) is 0 Å². The Morgan fingerprint density at radius 1 is 0.431 bits per heavy atom. The molecule has 0 aromatic heterocycles. The van der Waals surface area contributed by atoms with Crippen molar-refractivity contribution in [2.24, 2.45) is 34.0 Å². The highest BCUT2D eigenvalue weighted by atomic mass is 16.6. The van der Waals surface area contributed by atoms with Crippen LogP contribution in [0.4, 0.5) is 0 Å². The number of carbonyl (C=O) groups is 3. The van der Waals surface area contributed by atoms with Crippen LogP contribution >= 0.6 is 0 Å². The highest BCUT2D eigenvalue weighted by Gasteiger charge is 2.29. The van der Waals surface area contributed by atoms with E-state index in [1.165, 1.54) is 0 Å². The van der Waals surface area contributed by atoms with Crippen molar-refractivity contribution < 1.29 is 28.6 Å². The first-order valence-corrected chi connectivity index (χ1v) is 27.5. The van der Waals surface area contributed by atoms with Gasteiger partial charge < -0.3 is 14.2 Å². The summed E-state index contributed by atoms with van der Waals surface area (Å²) in [6.45, 7) is 12.1. The van der Waals surface area contributed by atoms with Gasteiger partial charge in [0.25, 0.3) is 0 Å². The molecule has 0 radical (unpaired) electrons. The molecule has 0 bridgehead atoms. The zero-order valence-corrected chi connectivity index (χ0v) is 45.2. The number of allylic oxidation sites excluding steroid dienone is 30. The second-order valence-corrected chi connectivity index (χ2v) is 19.8. The van der Waals surface area contributed by atoms with E-state index in [0.29, 0.717) is 51.4 Å². The molecule has 6 nitrogen and oxygen atoms in total. The summed E-state index contributed by atoms with van der Waals surface area (Å²) in [6, 6.07) is 0. The predicted molar refractivity (Wildman–Crippen MR) is 304 cm³/mol. The summed E-state index contributed by atoms with van der Waals surface area (Å²) in [4.78, 5) is 40.9. The van der Waals surface area contributed by atoms with E-state index in [2.05, 4.69) is 203 Å². The maximum absolute atomic E-state index is 13.8. The van der Waals surface area contributed by atoms with Gasteiger partial charge in [0.2, 0.25) is 0 Å². The first-order chi connectivity index (χ1) is 35.0. The largest absolute Gasteiger partial charge is 0.461 e. The van der Waals surface area contributed by atoms with E-state index in [1.807, 2.05) is 20.8 Å². The van der Waals surface area contributed by atoms with E-state index >= 15 is 0 Å². The Labute approximate surface area is 437 Å². The molecule has 0 aromatic carbocycles. The Morgan fingerprint density at radius 3 is 1.24 bits per heavy atom. The van der Waals surface area contributed by atoms with Crippen LogP contribution in [0.3, 0.4) is 0 Å². The molecule has 4 unspecified atom stereocenters. The lowest BCUT2D eigenvalue weighted by molar-refractivity contribution is -0.172. The minimum atomic E-state index is -0.924. The van der Waals surface area contributed by atoms with E-state index in [1.54, 1.807) is 0 Å². The lowest BCUT2D eigenvalue weighted by Crippen LogP contribution is -2.34. The number of rotatable bonds is 31. The monoisotopic (exact) mass is 981 g/mol. The first kappa shape index (κ1) is 60.8. The minimum Gasteiger partial charge on any atom is -0.461 e. The summed E-state index contributed by atoms with van der Waals surface area (Å²) in [5.41, 5.74) is -0.576. The molecule has 0 aromatic rings. The van der Waals surface area contributed by atoms with Crippen LogP contribution in [0.1, 0.15) is 157 Å². The number of ether oxygens (including phenoxy) is 3. The maximum atomic E-state index is 13.8. The maximum Gasteiger partial charge on any atom is 0.309 e. The fourth-order valence-electron chi connectivity index (χ4n) is 8.57. The predicted octanol–water partition coefficient (Wildman–Crippen LogP) is 17.3. The first-order valence-electron chi connectivity index (χ1n) is 27.5. The van der Waals surface area contributed by atoms with Crippen LogP contribution in [-0.4, -0.2) is 37.2 Å². The van der Waals surface area contributed by atoms with Crippen molar-refractivity contribution in [3.63, 3.8) is 0 Å². The van der Waals surface area contributed by atoms with E-state index in [0.717, 1.165) is 64.2 Å². The van der Waals surface area contributed by atoms with Crippen molar-refractivity contribution >= 4 is 17.9 Å². The van der Waals surface area contributed by atoms with Crippen LogP contribution in [-0.2, 0) is 28.6 Å². The van der Waals surface area contributed by atoms with Gasteiger partial charge in [-0.3, -0.25) is 14.4 Å². The highest BCUT2D eigenvalue weighted by Crippen LogP contribution is 2.38. The van der Waals surface area contributed by atoms with Crippen molar-refractivity contribution in [1.82, 2.24) is 0 Å². The van der Waals surface area contributed by atoms with Gasteiger partial charge in [-0.25, -0.2) is 0 Å². The molecule has 3 aliphatic carbocycles. The second-order valence-electron chi connectivity index (χ2n) is 19.8. The van der Waals surface area contributed by atoms with Gasteiger partial charge in [0.1, 0.15) is 13.2 Å². The summed E-state index contributed by atoms with van der Waals surface area (Å²) in [7, 11) is 0. The van der Waals surface area contributed by atoms with Crippen LogP contribution in [0.5, 0.6) is 0 Å². The summed E-state index contributed by atoms with van der Waals surface area (Å²) in [6.07, 6.45) is 79.4. The summed E-state index contributed by atoms with van der Waals surface area (Å²) >= 11 is 0. The molecular weight excluding hydrogens is 889 g/mol. The fraction of sp³-hybridized carbons (Fsp3) is 0.500. The van der Waals surface area contributed by atoms with Gasteiger partial charge >= 0.3 is 17.9 Å². The Balaban J connectivity index is 1.58. The van der Waals surface area contributed by atoms with Gasteiger partial charge in [0.05, 0.1) is 17.8 Å². The smallest absolute Gasteiger partial charge is 0.309 e. The van der Waals surface area contributed by atoms with Crippen LogP contribution in [0.25, 0.3) is 0 Å². The minimum absolute atomic E-state index is 0.137. The topological polar surface area (TPSA) is 78.9 Å². The molecule has 0 saturated heterocycles. The number of hydrogen-bond donors (Lipinski definition) is 0. The summed E-state index contributed by atoms with van der Waals surface area (Å²) < 4.78 is 17.8. The molecule has 0 N–H and O–H groups in total. The molecule has 72 heavy (non-hydrogen) atoms. The standard InChI is InChI=1S/C66H92O6/c1-7-11-12-13-14-15-16-17-18-19-20-21-23-26-29-33-42-57(8-2)61(67)70-55-60(72-63(69)59(10-4)44-35-41-48-65(6)51-53-66(54-52-65)49-38-32-39-50-66)56-71-62(68)58(9-3)43-34-40-47-64(5)45-36-30-27-24-22-25-28-31-37-46-64/h11-12,14-15,17-18,20-21,24-29,36-41,45-54,57-60H,7-10,13,16,19,22-23,30-35,42-44,55-56H2,1-6H3/b12-11-,15-14-,18-17-,21-20-,27-24-,28-25-,29-26-,45-36-,46-37-,47-40-,48-41-. The fourth-order valence-corrected chi connectivity index (χ4v) is 8.57. The molecule has 392 valence electrons. The van der Waals surface area contributed by atoms with Crippen LogP contribution in [0, 0.1) is 34.0 Å². The summed E-state index contributed by atoms with van der Waals surface area (Å²) in [5, 5.41) is 0. The molecule has 1 spiro atoms. The molecule has 0 amide bonds. The third kappa shape index (κ3) is 25.8. The molecule has 4 atom stereocenters. The molecule has 3 aliphatic rings. The van der Waals surface area contributed by atoms with E-state index < -0.39 is 6.10 Å². The van der Waals surface area contributed by atoms with Crippen LogP contribution in [0.2, 0.25) is 0 Å². The molecule has 0 saturated carbocycles. The summed E-state index contributed by atoms with van der Waals surface area (Å²) in [5.74, 6) is -2.04. The Morgan fingerprint density at radius 2 is 0.792 bits per heavy atom. The van der Waals surface area contributed by atoms with Crippen molar-refractivity contribution in [3.05, 3.63) is 182 Å². The van der Waals surface area contributed by atoms with E-state index in [4.69, 9.17) is 14.2 Å². The van der Waals surface area contributed by atoms with Crippen LogP contribution < -0.4 is 0 Å². The quantitative estimate of drug-likeness (QED) is 0.0391. The second kappa shape index (κ2) is 36.4. The Hall–Kier alpha value is -5.49. The zero-order chi connectivity index (χ0) is 52.0. The van der Waals surface area contributed by atoms with Gasteiger partial charge in [-0.15, -0.1) is 0 Å². The number of esters is 3. The third-order valence-corrected chi connectivity index (χ3v) is 13.4. The van der Waals surface area contributed by atoms with Crippen molar-refractivity contribution in [2.45, 2.75) is 163 Å². The lowest BCUT2D eigenvalue weighted by Gasteiger charge is -2.30. The highest BCUT2D eigenvalue weighted by molar-refractivity contribution is 5.74. The van der Waals surface area contributed by atoms with Crippen molar-refractivity contribution in [1.29, 1.82) is 0 Å². The van der Waals surface area contributed by atoms with Gasteiger partial charge in [-0.05, 0) is 129 Å². The van der Waals surface area contributed by atoms with Gasteiger partial charge in [0.15, 0.2) is 6.10 Å². The molecule has 0 aliphatic heterocycles. The van der Waals surface area contributed by atoms with E-state index in [9.17, 15) is 14.4 Å². The van der Waals surface area contributed by atoms with Crippen LogP contribution in [0.15, 0.2) is 182 Å². The van der Waals surface area contributed by atoms with Gasteiger partial charge in [-0.2, -0.15) is 0 Å². The SMILES string of the molecule is CC/C=C\C/C=C\C/C=C\C/C=C\C/C=C\CCC(CC)C(=O)OCC(COC(=O)C(CC)CC/C=C\C1(C)/C=C\C/C=C\C/C=C\C/C=C\1)OC(=O)C(CC)CC/C=C\C1(C)C=CC2(C=CCC=C2)C=C1. The molecule has 0 fully saturated rings. The number of carbonyl (C=O) groups excluding carboxylic acids is 3. The Kier molecular flexibility index (Phi) is 30.8. The molecular formula is C66H92O6. The number of hydrogen-bond acceptors (Lipinski definition) is 6. The lowest BCUT2D eigenvalue weighted by atomic mass is 9.74. The third-order valence-electron chi connectivity index (χ3n) is 13.4.